The number of nitrogens with one attached hydrogen (secondary N) is 1. The summed E-state index contributed by atoms with van der Waals surface area (Å²) >= 11 is 0. The molecule has 0 spiro atoms. The third-order valence-corrected chi connectivity index (χ3v) is 8.65. The Morgan fingerprint density at radius 1 is 0.911 bits per heavy atom. The number of rotatable bonds is 8. The Labute approximate surface area is 259 Å². The molecular weight excluding hydrogens is 590 g/mol. The second-order valence-corrected chi connectivity index (χ2v) is 11.8. The Kier molecular flexibility index (Phi) is 7.84. The van der Waals surface area contributed by atoms with Crippen molar-refractivity contribution in [3.63, 3.8) is 0 Å². The van der Waals surface area contributed by atoms with Gasteiger partial charge in [-0.1, -0.05) is 47.6 Å². The predicted octanol–water partition coefficient (Wildman–Crippen LogP) is 5.79. The fraction of sp³-hybridized carbons (Fsp3) is 0.0588. The van der Waals surface area contributed by atoms with Gasteiger partial charge in [-0.3, -0.25) is 14.1 Å². The lowest BCUT2D eigenvalue weighted by Crippen LogP contribution is -2.23. The Hall–Kier alpha value is -5.81. The van der Waals surface area contributed by atoms with Gasteiger partial charge in [-0.05, 0) is 79.2 Å². The van der Waals surface area contributed by atoms with Gasteiger partial charge in [0.05, 0.1) is 28.6 Å². The molecule has 0 unspecified atom stereocenters. The molecule has 0 aliphatic carbocycles. The van der Waals surface area contributed by atoms with Crippen LogP contribution in [-0.4, -0.2) is 41.0 Å². The summed E-state index contributed by atoms with van der Waals surface area (Å²) in [5, 5.41) is 14.3. The molecule has 45 heavy (non-hydrogen) atoms. The lowest BCUT2D eigenvalue weighted by Gasteiger charge is -2.18. The van der Waals surface area contributed by atoms with Crippen molar-refractivity contribution in [1.29, 1.82) is 0 Å². The summed E-state index contributed by atoms with van der Waals surface area (Å²) in [6, 6.07) is 30.4. The van der Waals surface area contributed by atoms with Crippen LogP contribution in [0.15, 0.2) is 130 Å². The molecule has 11 heteroatoms. The zero-order chi connectivity index (χ0) is 31.6. The minimum atomic E-state index is -3.95. The Balaban J connectivity index is 1.51. The number of fused-ring (bicyclic) bond motifs is 1. The van der Waals surface area contributed by atoms with E-state index in [0.29, 0.717) is 39.0 Å². The summed E-state index contributed by atoms with van der Waals surface area (Å²) in [7, 11) is -2.36. The van der Waals surface area contributed by atoms with E-state index in [-0.39, 0.29) is 27.8 Å². The number of para-hydroxylation sites is 1. The Bertz CT molecular complexity index is 2230. The monoisotopic (exact) mass is 617 g/mol. The molecule has 4 aromatic carbocycles. The van der Waals surface area contributed by atoms with E-state index in [1.165, 1.54) is 22.9 Å². The van der Waals surface area contributed by atoms with Crippen molar-refractivity contribution < 1.29 is 18.4 Å². The summed E-state index contributed by atoms with van der Waals surface area (Å²) in [5.74, 6) is 1.15. The van der Waals surface area contributed by atoms with Crippen LogP contribution in [-0.2, 0) is 10.0 Å². The number of hydrogen-bond acceptors (Lipinski definition) is 8. The van der Waals surface area contributed by atoms with Gasteiger partial charge in [0.2, 0.25) is 0 Å². The molecule has 10 nitrogen and oxygen atoms in total. The van der Waals surface area contributed by atoms with Crippen molar-refractivity contribution in [3.05, 3.63) is 142 Å². The van der Waals surface area contributed by atoms with Gasteiger partial charge >= 0.3 is 0 Å². The number of hydrogen-bond donors (Lipinski definition) is 2. The maximum Gasteiger partial charge on any atom is 0.266 e. The summed E-state index contributed by atoms with van der Waals surface area (Å²) in [6.45, 7) is 1.89. The van der Waals surface area contributed by atoms with E-state index in [1.54, 1.807) is 98.1 Å². The predicted molar refractivity (Wildman–Crippen MR) is 173 cm³/mol. The standard InChI is InChI=1S/C34H27N5O5S/c1-22-21-23(14-19-30(22)44-2)32(37-41)26-9-3-4-10-27(26)33-36-29-12-6-5-11-28(29)34(40)39(33)24-15-17-25(18-16-24)45(42,43)38-31-13-7-8-20-35-31/h3-21,41H,1-2H3,(H,35,38)/b37-32-. The third kappa shape index (κ3) is 5.64. The average Bonchev–Trinajstić information content (AvgIpc) is 3.06. The van der Waals surface area contributed by atoms with E-state index in [4.69, 9.17) is 9.72 Å². The molecule has 0 fully saturated rings. The van der Waals surface area contributed by atoms with Crippen molar-refractivity contribution in [2.75, 3.05) is 11.8 Å². The maximum atomic E-state index is 14.1. The molecule has 6 aromatic rings. The number of benzene rings is 4. The van der Waals surface area contributed by atoms with Crippen LogP contribution in [0.1, 0.15) is 16.7 Å². The highest BCUT2D eigenvalue weighted by molar-refractivity contribution is 7.92. The first-order chi connectivity index (χ1) is 21.8. The Morgan fingerprint density at radius 2 is 1.64 bits per heavy atom. The molecular formula is C34H27N5O5S. The summed E-state index contributed by atoms with van der Waals surface area (Å²) in [6.07, 6.45) is 1.49. The number of pyridine rings is 1. The van der Waals surface area contributed by atoms with Gasteiger partial charge in [-0.15, -0.1) is 0 Å². The highest BCUT2D eigenvalue weighted by Crippen LogP contribution is 2.29. The number of nitrogens with zero attached hydrogens (tertiary/aromatic N) is 4. The van der Waals surface area contributed by atoms with Crippen LogP contribution >= 0.6 is 0 Å². The first-order valence-corrected chi connectivity index (χ1v) is 15.3. The van der Waals surface area contributed by atoms with E-state index in [2.05, 4.69) is 14.9 Å². The molecule has 0 saturated heterocycles. The molecule has 2 N–H and O–H groups in total. The fourth-order valence-electron chi connectivity index (χ4n) is 5.12. The average molecular weight is 618 g/mol. The zero-order valence-electron chi connectivity index (χ0n) is 24.2. The Morgan fingerprint density at radius 3 is 2.36 bits per heavy atom. The number of aromatic nitrogens is 3. The zero-order valence-corrected chi connectivity index (χ0v) is 25.1. The number of ether oxygens (including phenoxy) is 1. The lowest BCUT2D eigenvalue weighted by atomic mass is 9.95. The lowest BCUT2D eigenvalue weighted by molar-refractivity contribution is 0.319. The van der Waals surface area contributed by atoms with Crippen LogP contribution < -0.4 is 15.0 Å². The summed E-state index contributed by atoms with van der Waals surface area (Å²) in [5.41, 5.74) is 3.32. The van der Waals surface area contributed by atoms with Crippen LogP contribution in [0.4, 0.5) is 5.82 Å². The number of methoxy groups -OCH3 is 1. The van der Waals surface area contributed by atoms with E-state index >= 15 is 0 Å². The third-order valence-electron chi connectivity index (χ3n) is 7.28. The minimum absolute atomic E-state index is 0.00905. The molecule has 0 atom stereocenters. The molecule has 0 saturated carbocycles. The first-order valence-electron chi connectivity index (χ1n) is 13.8. The van der Waals surface area contributed by atoms with Crippen LogP contribution in [0.3, 0.4) is 0 Å². The van der Waals surface area contributed by atoms with E-state index < -0.39 is 10.0 Å². The number of anilines is 1. The van der Waals surface area contributed by atoms with Crippen molar-refractivity contribution in [2.24, 2.45) is 5.16 Å². The van der Waals surface area contributed by atoms with E-state index in [0.717, 1.165) is 5.56 Å². The van der Waals surface area contributed by atoms with Gasteiger partial charge in [0, 0.05) is 22.9 Å². The topological polar surface area (TPSA) is 136 Å². The number of oxime groups is 1. The minimum Gasteiger partial charge on any atom is -0.496 e. The smallest absolute Gasteiger partial charge is 0.266 e. The second-order valence-electron chi connectivity index (χ2n) is 10.1. The number of aryl methyl sites for hydroxylation is 1. The second kappa shape index (κ2) is 12.1. The van der Waals surface area contributed by atoms with Crippen molar-refractivity contribution in [2.45, 2.75) is 11.8 Å². The highest BCUT2D eigenvalue weighted by Gasteiger charge is 2.22. The van der Waals surface area contributed by atoms with Crippen molar-refractivity contribution in [1.82, 2.24) is 14.5 Å². The van der Waals surface area contributed by atoms with Crippen molar-refractivity contribution >= 4 is 32.5 Å². The van der Waals surface area contributed by atoms with Gasteiger partial charge in [0.15, 0.2) is 0 Å². The molecule has 2 heterocycles. The molecule has 224 valence electrons. The number of sulfonamides is 1. The fourth-order valence-corrected chi connectivity index (χ4v) is 6.13. The largest absolute Gasteiger partial charge is 0.496 e. The summed E-state index contributed by atoms with van der Waals surface area (Å²) in [4.78, 5) is 23.0. The molecule has 0 aliphatic heterocycles. The van der Waals surface area contributed by atoms with Gasteiger partial charge in [-0.2, -0.15) is 0 Å². The molecule has 0 radical (unpaired) electrons. The summed E-state index contributed by atoms with van der Waals surface area (Å²) < 4.78 is 35.4. The van der Waals surface area contributed by atoms with Gasteiger partial charge < -0.3 is 9.94 Å². The van der Waals surface area contributed by atoms with Crippen molar-refractivity contribution in [3.8, 4) is 22.8 Å². The van der Waals surface area contributed by atoms with E-state index in [1.807, 2.05) is 13.0 Å². The van der Waals surface area contributed by atoms with Gasteiger partial charge in [0.1, 0.15) is 23.1 Å². The van der Waals surface area contributed by atoms with Gasteiger partial charge in [0.25, 0.3) is 15.6 Å². The van der Waals surface area contributed by atoms with Crippen LogP contribution in [0.25, 0.3) is 28.0 Å². The molecule has 0 amide bonds. The maximum absolute atomic E-state index is 14.1. The molecule has 2 aromatic heterocycles. The van der Waals surface area contributed by atoms with Crippen LogP contribution in [0.5, 0.6) is 5.75 Å². The van der Waals surface area contributed by atoms with Crippen LogP contribution in [0.2, 0.25) is 0 Å². The van der Waals surface area contributed by atoms with E-state index in [9.17, 15) is 18.4 Å². The molecule has 6 rings (SSSR count). The van der Waals surface area contributed by atoms with Crippen LogP contribution in [0, 0.1) is 6.92 Å². The highest BCUT2D eigenvalue weighted by atomic mass is 32.2. The SMILES string of the molecule is COc1ccc(/C(=N/O)c2ccccc2-c2nc3ccccc3c(=O)n2-c2ccc(S(=O)(=O)Nc3ccccn3)cc2)cc1C. The molecule has 0 bridgehead atoms. The quantitative estimate of drug-likeness (QED) is 0.125. The first kappa shape index (κ1) is 29.3. The normalized spacial score (nSPS) is 11.8. The molecule has 0 aliphatic rings. The van der Waals surface area contributed by atoms with Gasteiger partial charge in [-0.25, -0.2) is 18.4 Å².